The van der Waals surface area contributed by atoms with Gasteiger partial charge in [-0.05, 0) is 63.2 Å². The zero-order chi connectivity index (χ0) is 31.2. The number of aromatic amines is 1. The first-order chi connectivity index (χ1) is 20.9. The maximum Gasteiger partial charge on any atom is 0.162 e. The molecule has 4 heterocycles. The first-order valence-corrected chi connectivity index (χ1v) is 17.1. The van der Waals surface area contributed by atoms with E-state index in [-0.39, 0.29) is 27.4 Å². The first kappa shape index (κ1) is 29.5. The van der Waals surface area contributed by atoms with Crippen molar-refractivity contribution >= 4 is 23.2 Å². The Hall–Kier alpha value is -3.16. The molecule has 0 bridgehead atoms. The van der Waals surface area contributed by atoms with E-state index in [1.165, 1.54) is 11.1 Å². The largest absolute Gasteiger partial charge is 0.342 e. The Labute approximate surface area is 261 Å². The van der Waals surface area contributed by atoms with Crippen LogP contribution in [0, 0.1) is 24.7 Å². The number of rotatable bonds is 6. The van der Waals surface area contributed by atoms with Gasteiger partial charge < -0.3 is 10.6 Å². The lowest BCUT2D eigenvalue weighted by Gasteiger charge is -2.46. The van der Waals surface area contributed by atoms with Crippen molar-refractivity contribution < 1.29 is 9.59 Å². The average molecular weight is 599 g/mol. The second-order valence-electron chi connectivity index (χ2n) is 15.9. The van der Waals surface area contributed by atoms with Gasteiger partial charge in [0.2, 0.25) is 0 Å². The maximum atomic E-state index is 14.4. The molecule has 1 saturated carbocycles. The second-order valence-corrected chi connectivity index (χ2v) is 15.9. The molecule has 3 aliphatic carbocycles. The van der Waals surface area contributed by atoms with Gasteiger partial charge in [0, 0.05) is 75.3 Å². The van der Waals surface area contributed by atoms with Crippen LogP contribution >= 0.6 is 0 Å². The smallest absolute Gasteiger partial charge is 0.162 e. The van der Waals surface area contributed by atoms with Crippen molar-refractivity contribution in [3.05, 3.63) is 45.1 Å². The molecule has 3 N–H and O–H groups in total. The minimum absolute atomic E-state index is 0.0519. The normalized spacial score (nSPS) is 26.2. The van der Waals surface area contributed by atoms with Crippen molar-refractivity contribution in [1.82, 2.24) is 20.0 Å². The van der Waals surface area contributed by atoms with E-state index in [1.807, 2.05) is 0 Å². The molecule has 1 unspecified atom stereocenters. The molecule has 0 aromatic carbocycles. The highest BCUT2D eigenvalue weighted by Gasteiger charge is 2.54. The lowest BCUT2D eigenvalue weighted by molar-refractivity contribution is -0.120. The molecule has 2 aromatic heterocycles. The monoisotopic (exact) mass is 598 g/mol. The minimum atomic E-state index is -0.303. The molecule has 2 aliphatic heterocycles. The van der Waals surface area contributed by atoms with Crippen LogP contribution in [-0.4, -0.2) is 31.5 Å². The van der Waals surface area contributed by atoms with Crippen LogP contribution in [-0.2, 0) is 27.0 Å². The van der Waals surface area contributed by atoms with E-state index in [0.29, 0.717) is 25.2 Å². The molecular formula is C36H50N6O2. The van der Waals surface area contributed by atoms with E-state index in [9.17, 15) is 9.59 Å². The number of ketones is 2. The maximum absolute atomic E-state index is 14.4. The van der Waals surface area contributed by atoms with Gasteiger partial charge >= 0.3 is 0 Å². The summed E-state index contributed by atoms with van der Waals surface area (Å²) < 4.78 is 2.16. The number of hydrogen-bond acceptors (Lipinski definition) is 6. The first-order valence-electron chi connectivity index (χ1n) is 17.1. The number of aromatic nitrogens is 4. The van der Waals surface area contributed by atoms with E-state index in [0.717, 1.165) is 110 Å². The van der Waals surface area contributed by atoms with Gasteiger partial charge in [-0.3, -0.25) is 19.4 Å². The number of nitrogens with zero attached hydrogens (tertiary/aromatic N) is 3. The summed E-state index contributed by atoms with van der Waals surface area (Å²) in [5, 5.41) is 20.4. The van der Waals surface area contributed by atoms with Crippen molar-refractivity contribution in [3.63, 3.8) is 0 Å². The predicted molar refractivity (Wildman–Crippen MR) is 174 cm³/mol. The molecule has 2 aromatic rings. The highest BCUT2D eigenvalue weighted by molar-refractivity contribution is 6.03. The summed E-state index contributed by atoms with van der Waals surface area (Å²) in [7, 11) is 0. The molecule has 7 rings (SSSR count). The molecule has 44 heavy (non-hydrogen) atoms. The van der Waals surface area contributed by atoms with Gasteiger partial charge in [0.05, 0.1) is 0 Å². The van der Waals surface area contributed by atoms with Crippen LogP contribution in [0.15, 0.2) is 22.5 Å². The SMILES string of the molecule is CCCC1(CCC)C2=C(CC(C)(Cn3nc4c(c3C)C3(CCCC3)C3=C(CC(C)(C)CC3=O)N4)CC2=O)Nc2n[nH]c(C)c21. The topological polar surface area (TPSA) is 105 Å². The summed E-state index contributed by atoms with van der Waals surface area (Å²) in [5.74, 6) is 2.39. The van der Waals surface area contributed by atoms with Crippen molar-refractivity contribution in [2.75, 3.05) is 10.6 Å². The average Bonchev–Trinajstić information content (AvgIpc) is 3.61. The number of allylic oxidation sites excluding steroid dienone is 4. The summed E-state index contributed by atoms with van der Waals surface area (Å²) in [4.78, 5) is 28.1. The third-order valence-corrected chi connectivity index (χ3v) is 11.6. The standard InChI is InChI=1S/C36H50N6O2/c1-8-12-35(13-9-2)27-21(3)39-40-31(27)37-24-17-34(7,19-26(44)30(24)35)20-42-22(4)28-32(41-42)38-23-16-33(5,6)18-25(43)29(23)36(28)14-10-11-15-36/h8-20H2,1-7H3,(H,38,41)(H2,37,39,40). The van der Waals surface area contributed by atoms with Crippen LogP contribution in [0.4, 0.5) is 11.6 Å². The van der Waals surface area contributed by atoms with Gasteiger partial charge in [0.25, 0.3) is 0 Å². The van der Waals surface area contributed by atoms with Gasteiger partial charge in [0.15, 0.2) is 23.2 Å². The van der Waals surface area contributed by atoms with Gasteiger partial charge in [-0.25, -0.2) is 0 Å². The van der Waals surface area contributed by atoms with Crippen LogP contribution in [0.3, 0.4) is 0 Å². The predicted octanol–water partition coefficient (Wildman–Crippen LogP) is 7.69. The van der Waals surface area contributed by atoms with E-state index >= 15 is 0 Å². The van der Waals surface area contributed by atoms with Gasteiger partial charge in [-0.2, -0.15) is 10.2 Å². The Bertz CT molecular complexity index is 1620. The molecule has 0 radical (unpaired) electrons. The number of hydrogen-bond donors (Lipinski definition) is 3. The summed E-state index contributed by atoms with van der Waals surface area (Å²) in [5.41, 5.74) is 7.92. The number of carbonyl (C=O) groups is 2. The van der Waals surface area contributed by atoms with Gasteiger partial charge in [-0.1, -0.05) is 60.3 Å². The number of aryl methyl sites for hydroxylation is 1. The Kier molecular flexibility index (Phi) is 6.66. The highest BCUT2D eigenvalue weighted by atomic mass is 16.1. The Morgan fingerprint density at radius 2 is 1.43 bits per heavy atom. The van der Waals surface area contributed by atoms with Crippen molar-refractivity contribution in [3.8, 4) is 0 Å². The molecule has 8 heteroatoms. The molecule has 1 spiro atoms. The van der Waals surface area contributed by atoms with Crippen LogP contribution in [0.2, 0.25) is 0 Å². The van der Waals surface area contributed by atoms with Crippen LogP contribution < -0.4 is 10.6 Å². The van der Waals surface area contributed by atoms with E-state index in [2.05, 4.69) is 74.0 Å². The van der Waals surface area contributed by atoms with Crippen molar-refractivity contribution in [2.24, 2.45) is 10.8 Å². The molecule has 1 atom stereocenters. The number of Topliss-reactive ketones (excluding diaryl/α,β-unsaturated/α-hetero) is 2. The summed E-state index contributed by atoms with van der Waals surface area (Å²) in [6, 6.07) is 0. The summed E-state index contributed by atoms with van der Waals surface area (Å²) in [6.07, 6.45) is 11.0. The third-order valence-electron chi connectivity index (χ3n) is 11.6. The highest BCUT2D eigenvalue weighted by Crippen LogP contribution is 2.58. The van der Waals surface area contributed by atoms with Gasteiger partial charge in [0.1, 0.15) is 0 Å². The zero-order valence-electron chi connectivity index (χ0n) is 27.9. The third kappa shape index (κ3) is 4.14. The number of nitrogens with one attached hydrogen (secondary N) is 3. The van der Waals surface area contributed by atoms with Crippen LogP contribution in [0.25, 0.3) is 0 Å². The molecular weight excluding hydrogens is 548 g/mol. The number of H-pyrrole nitrogens is 1. The number of carbonyl (C=O) groups excluding carboxylic acids is 2. The summed E-state index contributed by atoms with van der Waals surface area (Å²) >= 11 is 0. The molecule has 0 saturated heterocycles. The molecule has 8 nitrogen and oxygen atoms in total. The van der Waals surface area contributed by atoms with E-state index in [4.69, 9.17) is 5.10 Å². The molecule has 236 valence electrons. The summed E-state index contributed by atoms with van der Waals surface area (Å²) in [6.45, 7) is 16.0. The Morgan fingerprint density at radius 3 is 2.11 bits per heavy atom. The van der Waals surface area contributed by atoms with Crippen molar-refractivity contribution in [2.45, 2.75) is 143 Å². The zero-order valence-corrected chi connectivity index (χ0v) is 27.9. The van der Waals surface area contributed by atoms with Crippen LogP contribution in [0.5, 0.6) is 0 Å². The Morgan fingerprint density at radius 1 is 0.795 bits per heavy atom. The molecule has 1 fully saturated rings. The van der Waals surface area contributed by atoms with Crippen molar-refractivity contribution in [1.29, 1.82) is 0 Å². The fraction of sp³-hybridized carbons (Fsp3) is 0.667. The van der Waals surface area contributed by atoms with E-state index in [1.54, 1.807) is 0 Å². The molecule has 5 aliphatic rings. The van der Waals surface area contributed by atoms with E-state index < -0.39 is 0 Å². The van der Waals surface area contributed by atoms with Gasteiger partial charge in [-0.15, -0.1) is 0 Å². The fourth-order valence-corrected chi connectivity index (χ4v) is 10.3. The fourth-order valence-electron chi connectivity index (χ4n) is 10.3. The number of fused-ring (bicyclic) bond motifs is 4. The quantitative estimate of drug-likeness (QED) is 0.315. The minimum Gasteiger partial charge on any atom is -0.342 e. The Balaban J connectivity index is 1.26. The second kappa shape index (κ2) is 9.92. The number of anilines is 2. The lowest BCUT2D eigenvalue weighted by atomic mass is 9.60. The molecule has 0 amide bonds. The lowest BCUT2D eigenvalue weighted by Crippen LogP contribution is -2.44. The van der Waals surface area contributed by atoms with Crippen LogP contribution in [0.1, 0.15) is 134 Å².